The van der Waals surface area contributed by atoms with Crippen molar-refractivity contribution in [2.75, 3.05) is 13.6 Å². The van der Waals surface area contributed by atoms with Gasteiger partial charge in [-0.25, -0.2) is 0 Å². The number of rotatable bonds is 0. The van der Waals surface area contributed by atoms with E-state index in [9.17, 15) is 4.79 Å². The van der Waals surface area contributed by atoms with E-state index in [0.29, 0.717) is 0 Å². The molecule has 0 aliphatic carbocycles. The van der Waals surface area contributed by atoms with Crippen LogP contribution in [0.25, 0.3) is 0 Å². The third-order valence-electron chi connectivity index (χ3n) is 1.91. The maximum absolute atomic E-state index is 11.2. The molecule has 10 heavy (non-hydrogen) atoms. The van der Waals surface area contributed by atoms with E-state index in [4.69, 9.17) is 0 Å². The van der Waals surface area contributed by atoms with Gasteiger partial charge in [-0.15, -0.1) is 0 Å². The molecule has 2 nitrogen and oxygen atoms in total. The first-order chi connectivity index (χ1) is 4.75. The van der Waals surface area contributed by atoms with E-state index in [1.54, 1.807) is 4.90 Å². The van der Waals surface area contributed by atoms with Crippen molar-refractivity contribution in [1.29, 1.82) is 0 Å². The van der Waals surface area contributed by atoms with E-state index in [1.807, 2.05) is 20.0 Å². The van der Waals surface area contributed by atoms with E-state index in [0.717, 1.165) is 25.0 Å². The van der Waals surface area contributed by atoms with Crippen LogP contribution in [0, 0.1) is 0 Å². The van der Waals surface area contributed by atoms with Crippen molar-refractivity contribution in [2.45, 2.75) is 19.8 Å². The molecule has 0 unspecified atom stereocenters. The highest BCUT2D eigenvalue weighted by atomic mass is 16.2. The summed E-state index contributed by atoms with van der Waals surface area (Å²) in [7, 11) is 1.85. The third kappa shape index (κ3) is 1.20. The van der Waals surface area contributed by atoms with Crippen LogP contribution in [-0.4, -0.2) is 24.4 Å². The number of likely N-dealkylation sites (tertiary alicyclic amines) is 1. The molecule has 0 atom stereocenters. The molecule has 1 aliphatic heterocycles. The number of nitrogens with zero attached hydrogens (tertiary/aromatic N) is 1. The van der Waals surface area contributed by atoms with Crippen LogP contribution in [-0.2, 0) is 4.79 Å². The zero-order valence-electron chi connectivity index (χ0n) is 6.55. The molecular weight excluding hydrogens is 126 g/mol. The molecule has 56 valence electrons. The normalized spacial score (nSPS) is 24.0. The van der Waals surface area contributed by atoms with Gasteiger partial charge in [0.25, 0.3) is 0 Å². The molecule has 1 heterocycles. The van der Waals surface area contributed by atoms with Gasteiger partial charge in [0.1, 0.15) is 0 Å². The Bertz CT molecular complexity index is 172. The molecule has 2 heteroatoms. The Labute approximate surface area is 61.5 Å². The molecular formula is C8H13NO. The summed E-state index contributed by atoms with van der Waals surface area (Å²) in [5, 5.41) is 0. The molecule has 0 radical (unpaired) electrons. The van der Waals surface area contributed by atoms with E-state index >= 15 is 0 Å². The van der Waals surface area contributed by atoms with Gasteiger partial charge in [-0.2, -0.15) is 0 Å². The Morgan fingerprint density at radius 2 is 2.30 bits per heavy atom. The van der Waals surface area contributed by atoms with Gasteiger partial charge in [0.15, 0.2) is 0 Å². The van der Waals surface area contributed by atoms with Crippen LogP contribution >= 0.6 is 0 Å². The van der Waals surface area contributed by atoms with Gasteiger partial charge < -0.3 is 4.90 Å². The lowest BCUT2D eigenvalue weighted by Gasteiger charge is -2.23. The lowest BCUT2D eigenvalue weighted by atomic mass is 10.0. The number of likely N-dealkylation sites (N-methyl/N-ethyl adjacent to an activating group) is 1. The molecule has 0 aromatic carbocycles. The molecule has 1 rings (SSSR count). The highest BCUT2D eigenvalue weighted by molar-refractivity contribution is 5.93. The summed E-state index contributed by atoms with van der Waals surface area (Å²) in [6.45, 7) is 2.84. The molecule has 0 aromatic heterocycles. The second kappa shape index (κ2) is 2.86. The third-order valence-corrected chi connectivity index (χ3v) is 1.91. The summed E-state index contributed by atoms with van der Waals surface area (Å²) in [6, 6.07) is 0. The Hall–Kier alpha value is -0.790. The second-order valence-electron chi connectivity index (χ2n) is 2.64. The molecule has 1 aliphatic rings. The predicted molar refractivity (Wildman–Crippen MR) is 40.6 cm³/mol. The molecule has 0 N–H and O–H groups in total. The topological polar surface area (TPSA) is 20.3 Å². The maximum atomic E-state index is 11.2. The molecule has 0 aromatic rings. The minimum atomic E-state index is 0.203. The quantitative estimate of drug-likeness (QED) is 0.461. The summed E-state index contributed by atoms with van der Waals surface area (Å²) in [4.78, 5) is 13.0. The SMILES string of the molecule is C/C=C1/CCCN(C)C1=O. The van der Waals surface area contributed by atoms with Crippen molar-refractivity contribution >= 4 is 5.91 Å². The highest BCUT2D eigenvalue weighted by Gasteiger charge is 2.17. The zero-order valence-corrected chi connectivity index (χ0v) is 6.55. The monoisotopic (exact) mass is 139 g/mol. The fraction of sp³-hybridized carbons (Fsp3) is 0.625. The largest absolute Gasteiger partial charge is 0.342 e. The Morgan fingerprint density at radius 3 is 2.80 bits per heavy atom. The summed E-state index contributed by atoms with van der Waals surface area (Å²) in [6.07, 6.45) is 3.99. The van der Waals surface area contributed by atoms with Crippen molar-refractivity contribution in [3.63, 3.8) is 0 Å². The van der Waals surface area contributed by atoms with E-state index in [2.05, 4.69) is 0 Å². The van der Waals surface area contributed by atoms with Crippen molar-refractivity contribution in [2.24, 2.45) is 0 Å². The molecule has 1 saturated heterocycles. The zero-order chi connectivity index (χ0) is 7.56. The van der Waals surface area contributed by atoms with Crippen LogP contribution in [0.5, 0.6) is 0 Å². The van der Waals surface area contributed by atoms with Crippen LogP contribution in [0.2, 0.25) is 0 Å². The summed E-state index contributed by atoms with van der Waals surface area (Å²) in [5.74, 6) is 0.203. The number of carbonyl (C=O) groups is 1. The molecule has 0 spiro atoms. The Balaban J connectivity index is 2.69. The van der Waals surface area contributed by atoms with Crippen molar-refractivity contribution in [3.8, 4) is 0 Å². The van der Waals surface area contributed by atoms with E-state index in [-0.39, 0.29) is 5.91 Å². The average molecular weight is 139 g/mol. The summed E-state index contributed by atoms with van der Waals surface area (Å²) in [5.41, 5.74) is 0.966. The van der Waals surface area contributed by atoms with Crippen LogP contribution in [0.15, 0.2) is 11.6 Å². The second-order valence-corrected chi connectivity index (χ2v) is 2.64. The maximum Gasteiger partial charge on any atom is 0.249 e. The first kappa shape index (κ1) is 7.32. The lowest BCUT2D eigenvalue weighted by Crippen LogP contribution is -2.33. The van der Waals surface area contributed by atoms with Gasteiger partial charge in [0, 0.05) is 19.2 Å². The standard InChI is InChI=1S/C8H13NO/c1-3-7-5-4-6-9(2)8(7)10/h3H,4-6H2,1-2H3/b7-3-. The fourth-order valence-corrected chi connectivity index (χ4v) is 1.23. The van der Waals surface area contributed by atoms with Crippen molar-refractivity contribution in [1.82, 2.24) is 4.90 Å². The smallest absolute Gasteiger partial charge is 0.249 e. The fourth-order valence-electron chi connectivity index (χ4n) is 1.23. The molecule has 0 saturated carbocycles. The number of allylic oxidation sites excluding steroid dienone is 1. The predicted octanol–water partition coefficient (Wildman–Crippen LogP) is 1.18. The van der Waals surface area contributed by atoms with Gasteiger partial charge >= 0.3 is 0 Å². The van der Waals surface area contributed by atoms with Crippen LogP contribution in [0.1, 0.15) is 19.8 Å². The first-order valence-electron chi connectivity index (χ1n) is 3.66. The summed E-state index contributed by atoms with van der Waals surface area (Å²) < 4.78 is 0. The average Bonchev–Trinajstić information content (AvgIpc) is 1.95. The van der Waals surface area contributed by atoms with Gasteiger partial charge in [0.2, 0.25) is 5.91 Å². The Morgan fingerprint density at radius 1 is 1.60 bits per heavy atom. The van der Waals surface area contributed by atoms with Gasteiger partial charge in [-0.1, -0.05) is 6.08 Å². The number of hydrogen-bond donors (Lipinski definition) is 0. The molecule has 0 bridgehead atoms. The van der Waals surface area contributed by atoms with E-state index < -0.39 is 0 Å². The number of hydrogen-bond acceptors (Lipinski definition) is 1. The first-order valence-corrected chi connectivity index (χ1v) is 3.66. The van der Waals surface area contributed by atoms with Crippen LogP contribution in [0.3, 0.4) is 0 Å². The minimum Gasteiger partial charge on any atom is -0.342 e. The molecule has 1 fully saturated rings. The van der Waals surface area contributed by atoms with Crippen molar-refractivity contribution in [3.05, 3.63) is 11.6 Å². The van der Waals surface area contributed by atoms with Crippen LogP contribution < -0.4 is 0 Å². The molecule has 1 amide bonds. The number of piperidine rings is 1. The summed E-state index contributed by atoms with van der Waals surface area (Å²) >= 11 is 0. The number of carbonyl (C=O) groups excluding carboxylic acids is 1. The number of amides is 1. The highest BCUT2D eigenvalue weighted by Crippen LogP contribution is 2.14. The van der Waals surface area contributed by atoms with Gasteiger partial charge in [0.05, 0.1) is 0 Å². The van der Waals surface area contributed by atoms with Gasteiger partial charge in [-0.3, -0.25) is 4.79 Å². The van der Waals surface area contributed by atoms with Crippen molar-refractivity contribution < 1.29 is 4.79 Å². The Kier molecular flexibility index (Phi) is 2.10. The lowest BCUT2D eigenvalue weighted by molar-refractivity contribution is -0.127. The van der Waals surface area contributed by atoms with Gasteiger partial charge in [-0.05, 0) is 19.8 Å². The minimum absolute atomic E-state index is 0.203. The van der Waals surface area contributed by atoms with Crippen LogP contribution in [0.4, 0.5) is 0 Å². The van der Waals surface area contributed by atoms with E-state index in [1.165, 1.54) is 0 Å².